The molecule has 0 aromatic heterocycles. The van der Waals surface area contributed by atoms with Gasteiger partial charge < -0.3 is 10.1 Å². The van der Waals surface area contributed by atoms with Gasteiger partial charge in [-0.2, -0.15) is 0 Å². The fourth-order valence-corrected chi connectivity index (χ4v) is 3.25. The average Bonchev–Trinajstić information content (AvgIpc) is 2.72. The van der Waals surface area contributed by atoms with Crippen LogP contribution >= 0.6 is 11.6 Å². The van der Waals surface area contributed by atoms with E-state index in [2.05, 4.69) is 17.4 Å². The quantitative estimate of drug-likeness (QED) is 0.613. The predicted octanol–water partition coefficient (Wildman–Crippen LogP) is 5.19. The van der Waals surface area contributed by atoms with E-state index in [-0.39, 0.29) is 11.8 Å². The number of hydrogen-bond donors (Lipinski definition) is 1. The van der Waals surface area contributed by atoms with Crippen LogP contribution in [0.1, 0.15) is 29.0 Å². The molecule has 0 bridgehead atoms. The first kappa shape index (κ1) is 19.0. The molecule has 3 nitrogen and oxygen atoms in total. The molecule has 3 aromatic carbocycles. The normalized spacial score (nSPS) is 11.6. The van der Waals surface area contributed by atoms with Crippen LogP contribution in [0.15, 0.2) is 78.9 Å². The number of hydrogen-bond acceptors (Lipinski definition) is 2. The molecule has 0 saturated heterocycles. The summed E-state index contributed by atoms with van der Waals surface area (Å²) >= 11 is 6.17. The van der Waals surface area contributed by atoms with Gasteiger partial charge in [-0.05, 0) is 34.9 Å². The Morgan fingerprint density at radius 2 is 1.56 bits per heavy atom. The summed E-state index contributed by atoms with van der Waals surface area (Å²) in [5.74, 6) is 0.761. The van der Waals surface area contributed by atoms with Crippen molar-refractivity contribution in [2.75, 3.05) is 7.11 Å². The molecule has 1 N–H and O–H groups in total. The van der Waals surface area contributed by atoms with Crippen LogP contribution in [0.5, 0.6) is 5.75 Å². The maximum Gasteiger partial charge on any atom is 0.221 e. The first-order valence-corrected chi connectivity index (χ1v) is 9.24. The van der Waals surface area contributed by atoms with Crippen molar-refractivity contribution in [1.82, 2.24) is 5.32 Å². The molecule has 0 spiro atoms. The van der Waals surface area contributed by atoms with Crippen LogP contribution < -0.4 is 10.1 Å². The van der Waals surface area contributed by atoms with E-state index in [1.54, 1.807) is 7.11 Å². The zero-order valence-electron chi connectivity index (χ0n) is 15.2. The van der Waals surface area contributed by atoms with Gasteiger partial charge in [0.1, 0.15) is 5.75 Å². The Morgan fingerprint density at radius 1 is 0.926 bits per heavy atom. The molecule has 0 unspecified atom stereocenters. The summed E-state index contributed by atoms with van der Waals surface area (Å²) in [6, 6.07) is 25.5. The van der Waals surface area contributed by atoms with Crippen molar-refractivity contribution in [1.29, 1.82) is 0 Å². The SMILES string of the molecule is COc1ccc([C@@H](CC(=O)NCc2ccccc2Cl)c2ccccc2)cc1. The van der Waals surface area contributed by atoms with Gasteiger partial charge in [-0.15, -0.1) is 0 Å². The molecular weight excluding hydrogens is 358 g/mol. The molecule has 0 aliphatic heterocycles. The van der Waals surface area contributed by atoms with Gasteiger partial charge in [0, 0.05) is 23.9 Å². The average molecular weight is 380 g/mol. The van der Waals surface area contributed by atoms with Crippen molar-refractivity contribution in [3.8, 4) is 5.75 Å². The lowest BCUT2D eigenvalue weighted by molar-refractivity contribution is -0.121. The maximum absolute atomic E-state index is 12.6. The van der Waals surface area contributed by atoms with Gasteiger partial charge in [-0.25, -0.2) is 0 Å². The monoisotopic (exact) mass is 379 g/mol. The second-order valence-electron chi connectivity index (χ2n) is 6.31. The Morgan fingerprint density at radius 3 is 2.22 bits per heavy atom. The third-order valence-corrected chi connectivity index (χ3v) is 4.91. The van der Waals surface area contributed by atoms with E-state index in [0.717, 1.165) is 22.4 Å². The Kier molecular flexibility index (Phi) is 6.50. The van der Waals surface area contributed by atoms with Crippen LogP contribution in [0.4, 0.5) is 0 Å². The van der Waals surface area contributed by atoms with Crippen molar-refractivity contribution >= 4 is 17.5 Å². The predicted molar refractivity (Wildman–Crippen MR) is 109 cm³/mol. The van der Waals surface area contributed by atoms with Crippen molar-refractivity contribution in [3.05, 3.63) is 101 Å². The minimum Gasteiger partial charge on any atom is -0.497 e. The lowest BCUT2D eigenvalue weighted by Crippen LogP contribution is -2.25. The number of carbonyl (C=O) groups excluding carboxylic acids is 1. The van der Waals surface area contributed by atoms with Gasteiger partial charge in [0.2, 0.25) is 5.91 Å². The molecule has 27 heavy (non-hydrogen) atoms. The lowest BCUT2D eigenvalue weighted by Gasteiger charge is -2.18. The van der Waals surface area contributed by atoms with Gasteiger partial charge in [-0.1, -0.05) is 72.3 Å². The fourth-order valence-electron chi connectivity index (χ4n) is 3.04. The van der Waals surface area contributed by atoms with Crippen LogP contribution in [-0.4, -0.2) is 13.0 Å². The van der Waals surface area contributed by atoms with E-state index >= 15 is 0 Å². The molecule has 1 atom stereocenters. The molecule has 1 amide bonds. The highest BCUT2D eigenvalue weighted by Gasteiger charge is 2.18. The summed E-state index contributed by atoms with van der Waals surface area (Å²) in [4.78, 5) is 12.6. The number of benzene rings is 3. The van der Waals surface area contributed by atoms with Crippen LogP contribution in [0.25, 0.3) is 0 Å². The van der Waals surface area contributed by atoms with Gasteiger partial charge in [-0.3, -0.25) is 4.79 Å². The summed E-state index contributed by atoms with van der Waals surface area (Å²) in [6.45, 7) is 0.419. The number of nitrogens with one attached hydrogen (secondary N) is 1. The zero-order valence-corrected chi connectivity index (χ0v) is 15.9. The highest BCUT2D eigenvalue weighted by atomic mass is 35.5. The fraction of sp³-hybridized carbons (Fsp3) is 0.174. The summed E-state index contributed by atoms with van der Waals surface area (Å²) in [7, 11) is 1.64. The summed E-state index contributed by atoms with van der Waals surface area (Å²) < 4.78 is 5.24. The molecule has 4 heteroatoms. The first-order chi connectivity index (χ1) is 13.2. The van der Waals surface area contributed by atoms with Gasteiger partial charge >= 0.3 is 0 Å². The third kappa shape index (κ3) is 5.11. The van der Waals surface area contributed by atoms with E-state index in [9.17, 15) is 4.79 Å². The van der Waals surface area contributed by atoms with Gasteiger partial charge in [0.05, 0.1) is 7.11 Å². The minimum absolute atomic E-state index is 0.0143. The summed E-state index contributed by atoms with van der Waals surface area (Å²) in [5.41, 5.74) is 3.10. The van der Waals surface area contributed by atoms with E-state index in [0.29, 0.717) is 18.0 Å². The van der Waals surface area contributed by atoms with Crippen LogP contribution in [0.2, 0.25) is 5.02 Å². The molecule has 0 radical (unpaired) electrons. The highest BCUT2D eigenvalue weighted by Crippen LogP contribution is 2.29. The van der Waals surface area contributed by atoms with E-state index in [1.165, 1.54) is 0 Å². The Labute approximate surface area is 164 Å². The van der Waals surface area contributed by atoms with Crippen molar-refractivity contribution < 1.29 is 9.53 Å². The molecular formula is C23H22ClNO2. The first-order valence-electron chi connectivity index (χ1n) is 8.86. The molecule has 138 valence electrons. The highest BCUT2D eigenvalue weighted by molar-refractivity contribution is 6.31. The van der Waals surface area contributed by atoms with E-state index in [1.807, 2.05) is 66.7 Å². The number of carbonyl (C=O) groups is 1. The summed E-state index contributed by atoms with van der Waals surface area (Å²) in [5, 5.41) is 3.64. The number of amides is 1. The largest absolute Gasteiger partial charge is 0.497 e. The maximum atomic E-state index is 12.6. The minimum atomic E-state index is -0.0247. The molecule has 0 aliphatic rings. The van der Waals surface area contributed by atoms with E-state index in [4.69, 9.17) is 16.3 Å². The molecule has 3 aromatic rings. The molecule has 0 saturated carbocycles. The lowest BCUT2D eigenvalue weighted by atomic mass is 9.88. The second-order valence-corrected chi connectivity index (χ2v) is 6.72. The summed E-state index contributed by atoms with van der Waals surface area (Å²) in [6.07, 6.45) is 0.362. The number of ether oxygens (including phenoxy) is 1. The van der Waals surface area contributed by atoms with Crippen LogP contribution in [-0.2, 0) is 11.3 Å². The number of halogens is 1. The Bertz CT molecular complexity index is 878. The van der Waals surface area contributed by atoms with Gasteiger partial charge in [0.15, 0.2) is 0 Å². The van der Waals surface area contributed by atoms with Crippen molar-refractivity contribution in [3.63, 3.8) is 0 Å². The van der Waals surface area contributed by atoms with Crippen LogP contribution in [0, 0.1) is 0 Å². The number of rotatable bonds is 7. The van der Waals surface area contributed by atoms with E-state index < -0.39 is 0 Å². The smallest absolute Gasteiger partial charge is 0.221 e. The van der Waals surface area contributed by atoms with Crippen LogP contribution in [0.3, 0.4) is 0 Å². The molecule has 0 heterocycles. The molecule has 0 aliphatic carbocycles. The number of methoxy groups -OCH3 is 1. The third-order valence-electron chi connectivity index (χ3n) is 4.54. The van der Waals surface area contributed by atoms with Crippen molar-refractivity contribution in [2.24, 2.45) is 0 Å². The standard InChI is InChI=1S/C23H22ClNO2/c1-27-20-13-11-18(12-14-20)21(17-7-3-2-4-8-17)15-23(26)25-16-19-9-5-6-10-22(19)24/h2-14,21H,15-16H2,1H3,(H,25,26)/t21-/m0/s1. The molecule has 0 fully saturated rings. The van der Waals surface area contributed by atoms with Gasteiger partial charge in [0.25, 0.3) is 0 Å². The zero-order chi connectivity index (χ0) is 19.1. The Hall–Kier alpha value is -2.78. The second kappa shape index (κ2) is 9.24. The Balaban J connectivity index is 1.74. The topological polar surface area (TPSA) is 38.3 Å². The van der Waals surface area contributed by atoms with Crippen molar-refractivity contribution in [2.45, 2.75) is 18.9 Å². The molecule has 3 rings (SSSR count).